The number of nitriles is 1. The first-order valence-corrected chi connectivity index (χ1v) is 12.8. The van der Waals surface area contributed by atoms with Crippen molar-refractivity contribution in [2.24, 2.45) is 0 Å². The lowest BCUT2D eigenvalue weighted by Crippen LogP contribution is -2.48. The van der Waals surface area contributed by atoms with Crippen LogP contribution >= 0.6 is 0 Å². The lowest BCUT2D eigenvalue weighted by atomic mass is 10.1. The second-order valence-corrected chi connectivity index (χ2v) is 9.86. The van der Waals surface area contributed by atoms with Gasteiger partial charge in [0, 0.05) is 79.5 Å². The molecule has 0 radical (unpaired) electrons. The number of rotatable bonds is 7. The van der Waals surface area contributed by atoms with E-state index in [0.717, 1.165) is 77.5 Å². The van der Waals surface area contributed by atoms with Gasteiger partial charge in [0.05, 0.1) is 22.6 Å². The third-order valence-electron chi connectivity index (χ3n) is 7.14. The monoisotopic (exact) mass is 491 g/mol. The Hall–Kier alpha value is -3.99. The predicted molar refractivity (Wildman–Crippen MR) is 150 cm³/mol. The highest BCUT2D eigenvalue weighted by atomic mass is 15.3. The number of pyridine rings is 2. The topological polar surface area (TPSA) is 83.9 Å². The maximum absolute atomic E-state index is 9.77. The summed E-state index contributed by atoms with van der Waals surface area (Å²) in [6.45, 7) is 11.8. The lowest BCUT2D eigenvalue weighted by Gasteiger charge is -2.36. The predicted octanol–water partition coefficient (Wildman–Crippen LogP) is 5.58. The molecule has 1 saturated heterocycles. The molecule has 4 heterocycles. The van der Waals surface area contributed by atoms with Crippen LogP contribution in [-0.4, -0.2) is 57.0 Å². The highest BCUT2D eigenvalue weighted by Crippen LogP contribution is 2.31. The van der Waals surface area contributed by atoms with E-state index in [0.29, 0.717) is 11.6 Å². The summed E-state index contributed by atoms with van der Waals surface area (Å²) in [5, 5.41) is 14.4. The van der Waals surface area contributed by atoms with E-state index in [2.05, 4.69) is 70.1 Å². The minimum absolute atomic E-state index is 0.498. The Balaban J connectivity index is 1.35. The van der Waals surface area contributed by atoms with Crippen LogP contribution in [0.2, 0.25) is 0 Å². The summed E-state index contributed by atoms with van der Waals surface area (Å²) in [6, 6.07) is 15.2. The molecule has 0 amide bonds. The van der Waals surface area contributed by atoms with Gasteiger partial charge in [-0.1, -0.05) is 6.07 Å². The van der Waals surface area contributed by atoms with Gasteiger partial charge in [0.25, 0.3) is 0 Å². The van der Waals surface area contributed by atoms with Crippen molar-refractivity contribution in [2.75, 3.05) is 31.5 Å². The number of anilines is 2. The van der Waals surface area contributed by atoms with Gasteiger partial charge in [-0.25, -0.2) is 0 Å². The van der Waals surface area contributed by atoms with Crippen LogP contribution in [0.1, 0.15) is 41.9 Å². The molecule has 7 heteroatoms. The third kappa shape index (κ3) is 5.56. The van der Waals surface area contributed by atoms with Crippen LogP contribution in [0, 0.1) is 18.3 Å². The smallest absolute Gasteiger partial charge is 0.103 e. The van der Waals surface area contributed by atoms with Crippen molar-refractivity contribution in [1.82, 2.24) is 24.8 Å². The van der Waals surface area contributed by atoms with Crippen molar-refractivity contribution in [3.05, 3.63) is 83.1 Å². The number of fused-ring (bicyclic) bond motifs is 1. The van der Waals surface area contributed by atoms with Gasteiger partial charge in [0.2, 0.25) is 0 Å². The summed E-state index contributed by atoms with van der Waals surface area (Å²) < 4.78 is 0. The van der Waals surface area contributed by atoms with E-state index < -0.39 is 0 Å². The van der Waals surface area contributed by atoms with Crippen molar-refractivity contribution in [2.45, 2.75) is 33.4 Å². The number of aryl methyl sites for hydroxylation is 1. The molecule has 7 nitrogen and oxygen atoms in total. The zero-order valence-electron chi connectivity index (χ0n) is 21.7. The number of H-pyrrole nitrogens is 1. The SMILES string of the molecule is Cc1c(Nc2c(C#N)cncc2/C=C/c2cccc(CN3CCN(C(C)C)CC3)n2)ccc2[nH]ccc12. The Morgan fingerprint density at radius 2 is 1.92 bits per heavy atom. The van der Waals surface area contributed by atoms with E-state index in [1.165, 1.54) is 0 Å². The summed E-state index contributed by atoms with van der Waals surface area (Å²) in [5.41, 5.74) is 7.20. The van der Waals surface area contributed by atoms with Crippen molar-refractivity contribution >= 4 is 34.4 Å². The van der Waals surface area contributed by atoms with Gasteiger partial charge in [-0.15, -0.1) is 0 Å². The number of nitrogens with one attached hydrogen (secondary N) is 2. The van der Waals surface area contributed by atoms with E-state index in [1.54, 1.807) is 12.4 Å². The minimum Gasteiger partial charge on any atom is -0.361 e. The van der Waals surface area contributed by atoms with E-state index in [9.17, 15) is 5.26 Å². The molecule has 5 rings (SSSR count). The average molecular weight is 492 g/mol. The number of aromatic amines is 1. The molecule has 37 heavy (non-hydrogen) atoms. The molecule has 1 aromatic carbocycles. The Morgan fingerprint density at radius 1 is 1.08 bits per heavy atom. The fourth-order valence-corrected chi connectivity index (χ4v) is 4.90. The van der Waals surface area contributed by atoms with Crippen LogP contribution < -0.4 is 5.32 Å². The quantitative estimate of drug-likeness (QED) is 0.351. The van der Waals surface area contributed by atoms with Crippen LogP contribution in [0.5, 0.6) is 0 Å². The average Bonchev–Trinajstić information content (AvgIpc) is 3.40. The number of piperazine rings is 1. The molecule has 0 saturated carbocycles. The minimum atomic E-state index is 0.498. The highest BCUT2D eigenvalue weighted by Gasteiger charge is 2.19. The Bertz CT molecular complexity index is 1450. The summed E-state index contributed by atoms with van der Waals surface area (Å²) in [5.74, 6) is 0. The highest BCUT2D eigenvalue weighted by molar-refractivity contribution is 5.90. The maximum Gasteiger partial charge on any atom is 0.103 e. The molecule has 0 bridgehead atoms. The van der Waals surface area contributed by atoms with Crippen LogP contribution in [0.15, 0.2) is 55.0 Å². The number of aromatic nitrogens is 3. The molecule has 0 spiro atoms. The number of hydrogen-bond donors (Lipinski definition) is 2. The fourth-order valence-electron chi connectivity index (χ4n) is 4.90. The van der Waals surface area contributed by atoms with Gasteiger partial charge < -0.3 is 10.3 Å². The molecule has 2 N–H and O–H groups in total. The second kappa shape index (κ2) is 11.0. The molecular formula is C30H33N7. The molecule has 0 atom stereocenters. The van der Waals surface area contributed by atoms with Crippen LogP contribution in [0.4, 0.5) is 11.4 Å². The molecule has 1 aliphatic heterocycles. The lowest BCUT2D eigenvalue weighted by molar-refractivity contribution is 0.103. The van der Waals surface area contributed by atoms with Crippen molar-refractivity contribution in [3.63, 3.8) is 0 Å². The fraction of sp³-hybridized carbons (Fsp3) is 0.300. The van der Waals surface area contributed by atoms with Crippen LogP contribution in [0.3, 0.4) is 0 Å². The van der Waals surface area contributed by atoms with Gasteiger partial charge in [0.1, 0.15) is 6.07 Å². The van der Waals surface area contributed by atoms with Gasteiger partial charge in [-0.3, -0.25) is 19.8 Å². The Kier molecular flexibility index (Phi) is 7.31. The van der Waals surface area contributed by atoms with Gasteiger partial charge in [-0.2, -0.15) is 5.26 Å². The first-order valence-electron chi connectivity index (χ1n) is 12.8. The molecule has 1 aliphatic rings. The number of hydrogen-bond acceptors (Lipinski definition) is 6. The van der Waals surface area contributed by atoms with Crippen LogP contribution in [0.25, 0.3) is 23.1 Å². The molecule has 188 valence electrons. The molecule has 0 aliphatic carbocycles. The van der Waals surface area contributed by atoms with Crippen molar-refractivity contribution in [3.8, 4) is 6.07 Å². The molecular weight excluding hydrogens is 458 g/mol. The summed E-state index contributed by atoms with van der Waals surface area (Å²) >= 11 is 0. The largest absolute Gasteiger partial charge is 0.361 e. The van der Waals surface area contributed by atoms with Gasteiger partial charge in [-0.05, 0) is 68.8 Å². The van der Waals surface area contributed by atoms with Crippen molar-refractivity contribution < 1.29 is 0 Å². The normalized spacial score (nSPS) is 15.0. The zero-order valence-corrected chi connectivity index (χ0v) is 21.7. The summed E-state index contributed by atoms with van der Waals surface area (Å²) in [6.07, 6.45) is 9.29. The maximum atomic E-state index is 9.77. The second-order valence-electron chi connectivity index (χ2n) is 9.86. The summed E-state index contributed by atoms with van der Waals surface area (Å²) in [4.78, 5) is 17.4. The van der Waals surface area contributed by atoms with E-state index in [4.69, 9.17) is 4.98 Å². The first-order chi connectivity index (χ1) is 18.0. The molecule has 0 unspecified atom stereocenters. The van der Waals surface area contributed by atoms with E-state index >= 15 is 0 Å². The zero-order chi connectivity index (χ0) is 25.8. The standard InChI is InChI=1S/C30H33N7/c1-21(2)37-15-13-36(14-16-37)20-26-6-4-5-25(34-26)8-7-23-18-32-19-24(17-31)30(23)35-28-9-10-29-27(22(28)3)11-12-33-29/h4-12,18-19,21,33H,13-16,20H2,1-3H3,(H,32,35)/b8-7+. The summed E-state index contributed by atoms with van der Waals surface area (Å²) in [7, 11) is 0. The molecule has 3 aromatic heterocycles. The first kappa shape index (κ1) is 24.7. The Morgan fingerprint density at radius 3 is 2.70 bits per heavy atom. The Labute approximate surface area is 218 Å². The number of nitrogens with zero attached hydrogens (tertiary/aromatic N) is 5. The third-order valence-corrected chi connectivity index (χ3v) is 7.14. The van der Waals surface area contributed by atoms with E-state index in [-0.39, 0.29) is 0 Å². The van der Waals surface area contributed by atoms with E-state index in [1.807, 2.05) is 36.5 Å². The molecule has 4 aromatic rings. The van der Waals surface area contributed by atoms with Crippen LogP contribution in [-0.2, 0) is 6.54 Å². The van der Waals surface area contributed by atoms with Crippen molar-refractivity contribution in [1.29, 1.82) is 5.26 Å². The molecule has 1 fully saturated rings. The van der Waals surface area contributed by atoms with Gasteiger partial charge >= 0.3 is 0 Å². The van der Waals surface area contributed by atoms with Gasteiger partial charge in [0.15, 0.2) is 0 Å². The number of benzene rings is 1.